The van der Waals surface area contributed by atoms with Gasteiger partial charge in [0.05, 0.1) is 7.11 Å². The summed E-state index contributed by atoms with van der Waals surface area (Å²) in [6.07, 6.45) is 1.13. The van der Waals surface area contributed by atoms with Crippen LogP contribution in [0.2, 0.25) is 5.02 Å². The standard InChI is InChI=1S/C17H18ClNOS/c1-20-16-7-4-6-15(18)14(16)11-19-10-13-9-12-5-2-3-8-17(12)21-13/h2-8,13,19H,9-11H2,1H3. The molecule has 2 aromatic rings. The highest BCUT2D eigenvalue weighted by molar-refractivity contribution is 8.00. The van der Waals surface area contributed by atoms with Crippen LogP contribution in [0.25, 0.3) is 0 Å². The van der Waals surface area contributed by atoms with Crippen LogP contribution in [0.5, 0.6) is 5.75 Å². The van der Waals surface area contributed by atoms with Gasteiger partial charge in [-0.2, -0.15) is 0 Å². The van der Waals surface area contributed by atoms with E-state index < -0.39 is 0 Å². The lowest BCUT2D eigenvalue weighted by Gasteiger charge is -2.13. The highest BCUT2D eigenvalue weighted by Gasteiger charge is 2.21. The Kier molecular flexibility index (Phi) is 4.73. The monoisotopic (exact) mass is 319 g/mol. The van der Waals surface area contributed by atoms with Crippen molar-refractivity contribution >= 4 is 23.4 Å². The van der Waals surface area contributed by atoms with Crippen LogP contribution in [0.1, 0.15) is 11.1 Å². The lowest BCUT2D eigenvalue weighted by atomic mass is 10.1. The van der Waals surface area contributed by atoms with Crippen LogP contribution in [-0.4, -0.2) is 18.9 Å². The van der Waals surface area contributed by atoms with Crippen molar-refractivity contribution in [3.05, 3.63) is 58.6 Å². The van der Waals surface area contributed by atoms with Crippen LogP contribution in [0.15, 0.2) is 47.4 Å². The molecule has 21 heavy (non-hydrogen) atoms. The summed E-state index contributed by atoms with van der Waals surface area (Å²) in [6, 6.07) is 14.4. The molecule has 4 heteroatoms. The van der Waals surface area contributed by atoms with Gasteiger partial charge in [-0.15, -0.1) is 11.8 Å². The minimum Gasteiger partial charge on any atom is -0.496 e. The summed E-state index contributed by atoms with van der Waals surface area (Å²) >= 11 is 8.21. The zero-order valence-electron chi connectivity index (χ0n) is 11.9. The maximum Gasteiger partial charge on any atom is 0.124 e. The summed E-state index contributed by atoms with van der Waals surface area (Å²) in [5, 5.41) is 4.86. The van der Waals surface area contributed by atoms with Crippen LogP contribution in [0.3, 0.4) is 0 Å². The Labute approximate surface area is 134 Å². The second kappa shape index (κ2) is 6.73. The number of benzene rings is 2. The molecule has 0 radical (unpaired) electrons. The van der Waals surface area contributed by atoms with Crippen molar-refractivity contribution in [2.45, 2.75) is 23.1 Å². The van der Waals surface area contributed by atoms with Gasteiger partial charge < -0.3 is 10.1 Å². The fourth-order valence-electron chi connectivity index (χ4n) is 2.63. The van der Waals surface area contributed by atoms with Gasteiger partial charge in [0, 0.05) is 33.8 Å². The predicted molar refractivity (Wildman–Crippen MR) is 89.5 cm³/mol. The molecule has 1 aliphatic rings. The summed E-state index contributed by atoms with van der Waals surface area (Å²) in [5.74, 6) is 0.845. The topological polar surface area (TPSA) is 21.3 Å². The fourth-order valence-corrected chi connectivity index (χ4v) is 4.14. The number of halogens is 1. The van der Waals surface area contributed by atoms with E-state index in [-0.39, 0.29) is 0 Å². The van der Waals surface area contributed by atoms with Crippen molar-refractivity contribution in [2.75, 3.05) is 13.7 Å². The van der Waals surface area contributed by atoms with Crippen LogP contribution >= 0.6 is 23.4 Å². The first kappa shape index (κ1) is 14.8. The minimum absolute atomic E-state index is 0.593. The average Bonchev–Trinajstić information content (AvgIpc) is 2.91. The molecule has 0 saturated carbocycles. The number of fused-ring (bicyclic) bond motifs is 1. The number of ether oxygens (including phenoxy) is 1. The summed E-state index contributed by atoms with van der Waals surface area (Å²) in [7, 11) is 1.68. The third kappa shape index (κ3) is 3.37. The largest absolute Gasteiger partial charge is 0.496 e. The van der Waals surface area contributed by atoms with E-state index in [1.54, 1.807) is 7.11 Å². The van der Waals surface area contributed by atoms with E-state index in [0.717, 1.165) is 35.8 Å². The number of nitrogens with one attached hydrogen (secondary N) is 1. The van der Waals surface area contributed by atoms with Gasteiger partial charge in [0.15, 0.2) is 0 Å². The van der Waals surface area contributed by atoms with Crippen LogP contribution in [0.4, 0.5) is 0 Å². The molecule has 2 aromatic carbocycles. The van der Waals surface area contributed by atoms with E-state index in [1.807, 2.05) is 30.0 Å². The number of hydrogen-bond donors (Lipinski definition) is 1. The average molecular weight is 320 g/mol. The third-order valence-electron chi connectivity index (χ3n) is 3.68. The SMILES string of the molecule is COc1cccc(Cl)c1CNCC1Cc2ccccc2S1. The quantitative estimate of drug-likeness (QED) is 0.894. The Bertz CT molecular complexity index is 607. The molecule has 2 nitrogen and oxygen atoms in total. The molecule has 0 bridgehead atoms. The van der Waals surface area contributed by atoms with Gasteiger partial charge in [-0.1, -0.05) is 35.9 Å². The Balaban J connectivity index is 1.56. The zero-order chi connectivity index (χ0) is 14.7. The molecule has 0 amide bonds. The first-order valence-electron chi connectivity index (χ1n) is 7.04. The number of rotatable bonds is 5. The first-order chi connectivity index (χ1) is 10.3. The highest BCUT2D eigenvalue weighted by atomic mass is 35.5. The maximum atomic E-state index is 6.25. The third-order valence-corrected chi connectivity index (χ3v) is 5.36. The predicted octanol–water partition coefficient (Wildman–Crippen LogP) is 4.16. The van der Waals surface area contributed by atoms with Crippen molar-refractivity contribution < 1.29 is 4.74 Å². The van der Waals surface area contributed by atoms with E-state index in [0.29, 0.717) is 5.25 Å². The van der Waals surface area contributed by atoms with Crippen LogP contribution < -0.4 is 10.1 Å². The second-order valence-electron chi connectivity index (χ2n) is 5.10. The summed E-state index contributed by atoms with van der Waals surface area (Å²) in [6.45, 7) is 1.70. The van der Waals surface area contributed by atoms with Crippen molar-refractivity contribution in [1.29, 1.82) is 0 Å². The number of thioether (sulfide) groups is 1. The highest BCUT2D eigenvalue weighted by Crippen LogP contribution is 2.36. The van der Waals surface area contributed by atoms with Crippen molar-refractivity contribution in [2.24, 2.45) is 0 Å². The second-order valence-corrected chi connectivity index (χ2v) is 6.85. The van der Waals surface area contributed by atoms with E-state index in [4.69, 9.17) is 16.3 Å². The lowest BCUT2D eigenvalue weighted by molar-refractivity contribution is 0.408. The molecule has 0 saturated heterocycles. The molecule has 1 atom stereocenters. The van der Waals surface area contributed by atoms with Crippen LogP contribution in [0, 0.1) is 0 Å². The summed E-state index contributed by atoms with van der Waals surface area (Å²) < 4.78 is 5.37. The fraction of sp³-hybridized carbons (Fsp3) is 0.294. The van der Waals surface area contributed by atoms with Gasteiger partial charge in [-0.05, 0) is 30.2 Å². The van der Waals surface area contributed by atoms with Gasteiger partial charge in [0.1, 0.15) is 5.75 Å². The molecule has 0 aromatic heterocycles. The number of methoxy groups -OCH3 is 1. The van der Waals surface area contributed by atoms with E-state index >= 15 is 0 Å². The van der Waals surface area contributed by atoms with Crippen LogP contribution in [-0.2, 0) is 13.0 Å². The Hall–Kier alpha value is -1.16. The molecule has 1 unspecified atom stereocenters. The van der Waals surface area contributed by atoms with E-state index in [9.17, 15) is 0 Å². The van der Waals surface area contributed by atoms with Crippen molar-refractivity contribution in [3.63, 3.8) is 0 Å². The molecular formula is C17H18ClNOS. The molecule has 0 spiro atoms. The first-order valence-corrected chi connectivity index (χ1v) is 8.30. The lowest BCUT2D eigenvalue weighted by Crippen LogP contribution is -2.24. The molecule has 1 heterocycles. The van der Waals surface area contributed by atoms with Gasteiger partial charge in [0.25, 0.3) is 0 Å². The molecule has 3 rings (SSSR count). The molecule has 1 aliphatic heterocycles. The molecule has 1 N–H and O–H groups in total. The molecule has 0 aliphatic carbocycles. The number of hydrogen-bond acceptors (Lipinski definition) is 3. The van der Waals surface area contributed by atoms with Crippen molar-refractivity contribution in [3.8, 4) is 5.75 Å². The maximum absolute atomic E-state index is 6.25. The smallest absolute Gasteiger partial charge is 0.124 e. The summed E-state index contributed by atoms with van der Waals surface area (Å²) in [4.78, 5) is 1.42. The Morgan fingerprint density at radius 3 is 2.90 bits per heavy atom. The summed E-state index contributed by atoms with van der Waals surface area (Å²) in [5.41, 5.74) is 2.49. The van der Waals surface area contributed by atoms with Gasteiger partial charge >= 0.3 is 0 Å². The van der Waals surface area contributed by atoms with Crippen molar-refractivity contribution in [1.82, 2.24) is 5.32 Å². The minimum atomic E-state index is 0.593. The van der Waals surface area contributed by atoms with E-state index in [2.05, 4.69) is 29.6 Å². The zero-order valence-corrected chi connectivity index (χ0v) is 13.5. The molecular weight excluding hydrogens is 302 g/mol. The van der Waals surface area contributed by atoms with Gasteiger partial charge in [0.2, 0.25) is 0 Å². The Morgan fingerprint density at radius 1 is 1.24 bits per heavy atom. The van der Waals surface area contributed by atoms with Gasteiger partial charge in [-0.25, -0.2) is 0 Å². The molecule has 110 valence electrons. The normalized spacial score (nSPS) is 16.8. The van der Waals surface area contributed by atoms with Gasteiger partial charge in [-0.3, -0.25) is 0 Å². The molecule has 0 fully saturated rings. The van der Waals surface area contributed by atoms with E-state index in [1.165, 1.54) is 10.5 Å². The Morgan fingerprint density at radius 2 is 2.10 bits per heavy atom.